The van der Waals surface area contributed by atoms with E-state index in [-0.39, 0.29) is 35.9 Å². The zero-order valence-electron chi connectivity index (χ0n) is 36.1. The van der Waals surface area contributed by atoms with Crippen molar-refractivity contribution in [2.75, 3.05) is 10.6 Å². The van der Waals surface area contributed by atoms with Gasteiger partial charge in [-0.3, -0.25) is 9.59 Å². The summed E-state index contributed by atoms with van der Waals surface area (Å²) in [5, 5.41) is 5.10. The molecule has 8 rings (SSSR count). The number of fused-ring (bicyclic) bond motifs is 1. The summed E-state index contributed by atoms with van der Waals surface area (Å²) in [5.41, 5.74) is 1.37. The predicted octanol–water partition coefficient (Wildman–Crippen LogP) is 10.2. The van der Waals surface area contributed by atoms with Gasteiger partial charge in [-0.2, -0.15) is 26.3 Å². The van der Waals surface area contributed by atoms with E-state index in [2.05, 4.69) is 20.6 Å². The highest BCUT2D eigenvalue weighted by atomic mass is 19.4. The summed E-state index contributed by atoms with van der Waals surface area (Å²) < 4.78 is 92.7. The molecular weight excluding hydrogens is 879 g/mol. The monoisotopic (exact) mass is 922 g/mol. The Balaban J connectivity index is 1.15. The number of benzene rings is 4. The Kier molecular flexibility index (Phi) is 13.2. The van der Waals surface area contributed by atoms with Gasteiger partial charge in [0, 0.05) is 36.6 Å². The lowest BCUT2D eigenvalue weighted by molar-refractivity contribution is -0.157. The highest BCUT2D eigenvalue weighted by Gasteiger charge is 2.55. The fraction of sp³-hybridized carbons (Fsp3) is 0.260. The summed E-state index contributed by atoms with van der Waals surface area (Å²) >= 11 is 0. The Hall–Kier alpha value is -7.11. The number of pyridine rings is 2. The molecule has 2 aromatic heterocycles. The molecule has 2 aliphatic rings. The Labute approximate surface area is 381 Å². The van der Waals surface area contributed by atoms with Gasteiger partial charge >= 0.3 is 18.4 Å². The maximum absolute atomic E-state index is 15.7. The van der Waals surface area contributed by atoms with Crippen molar-refractivity contribution in [3.05, 3.63) is 190 Å². The number of urea groups is 1. The van der Waals surface area contributed by atoms with Crippen LogP contribution in [0.5, 0.6) is 0 Å². The van der Waals surface area contributed by atoms with Crippen LogP contribution in [0.25, 0.3) is 0 Å². The van der Waals surface area contributed by atoms with Crippen LogP contribution in [-0.4, -0.2) is 67.7 Å². The van der Waals surface area contributed by atoms with E-state index < -0.39 is 71.4 Å². The predicted molar refractivity (Wildman–Crippen MR) is 235 cm³/mol. The van der Waals surface area contributed by atoms with Crippen LogP contribution in [0, 0.1) is 0 Å². The Bertz CT molecular complexity index is 2520. The molecule has 11 nitrogen and oxygen atoms in total. The molecule has 0 radical (unpaired) electrons. The number of nitrogens with zero attached hydrogens (tertiary/aromatic N) is 4. The number of carbonyl (C=O) groups excluding carboxylic acids is 3. The van der Waals surface area contributed by atoms with Crippen LogP contribution < -0.4 is 10.6 Å². The molecule has 0 unspecified atom stereocenters. The molecule has 2 fully saturated rings. The van der Waals surface area contributed by atoms with Gasteiger partial charge in [-0.25, -0.2) is 14.8 Å². The zero-order valence-corrected chi connectivity index (χ0v) is 36.1. The van der Waals surface area contributed by atoms with E-state index in [0.29, 0.717) is 36.4 Å². The topological polar surface area (TPSA) is 126 Å². The quantitative estimate of drug-likeness (QED) is 0.117. The van der Waals surface area contributed by atoms with Gasteiger partial charge in [-0.05, 0) is 97.5 Å². The van der Waals surface area contributed by atoms with Crippen molar-refractivity contribution in [1.82, 2.24) is 19.8 Å². The molecule has 17 heteroatoms. The number of ether oxygens (including phenoxy) is 2. The molecule has 4 aromatic carbocycles. The summed E-state index contributed by atoms with van der Waals surface area (Å²) in [5.74, 6) is -2.51. The standard InChI is InChI=1S/C50H44F6N6O5/c1-48(2)66-43-39(25-31-11-5-3-6-12-31)61(29-33-15-9-17-35(23-33)45(63)59-41-21-19-37(27-57-41)49(51,52)53)47(65)62(40(44(43)67-48)26-32-13-7-4-8-14-32)30-34-16-10-18-36(24-34)46(64)60-42-22-20-38(28-58-42)50(54,55)56/h3-24,27-28,39-40,43-44H,25-26,29-30H2,1-2H3,(H,57,59,63)(H,58,60,64)/t39-,40-,43+,44+/m1/s1. The summed E-state index contributed by atoms with van der Waals surface area (Å²) in [6.45, 7) is 3.61. The minimum atomic E-state index is -4.60. The van der Waals surface area contributed by atoms with Crippen molar-refractivity contribution >= 4 is 29.5 Å². The fourth-order valence-electron chi connectivity index (χ4n) is 8.41. The second kappa shape index (κ2) is 19.0. The van der Waals surface area contributed by atoms with Crippen molar-refractivity contribution in [1.29, 1.82) is 0 Å². The van der Waals surface area contributed by atoms with Crippen LogP contribution in [0.4, 0.5) is 42.8 Å². The van der Waals surface area contributed by atoms with Gasteiger partial charge in [0.05, 0.1) is 23.2 Å². The number of alkyl halides is 6. The molecule has 67 heavy (non-hydrogen) atoms. The summed E-state index contributed by atoms with van der Waals surface area (Å²) in [4.78, 5) is 53.7. The first-order valence-corrected chi connectivity index (χ1v) is 21.3. The number of aromatic nitrogens is 2. The van der Waals surface area contributed by atoms with Crippen molar-refractivity contribution in [2.24, 2.45) is 0 Å². The van der Waals surface area contributed by atoms with Gasteiger partial charge in [0.2, 0.25) is 0 Å². The van der Waals surface area contributed by atoms with E-state index in [0.717, 1.165) is 35.4 Å². The maximum Gasteiger partial charge on any atom is 0.417 e. The molecule has 6 aromatic rings. The van der Waals surface area contributed by atoms with Gasteiger partial charge < -0.3 is 29.9 Å². The average molecular weight is 923 g/mol. The Morgan fingerprint density at radius 2 is 0.955 bits per heavy atom. The van der Waals surface area contributed by atoms with Gasteiger partial charge in [0.15, 0.2) is 5.79 Å². The average Bonchev–Trinajstić information content (AvgIpc) is 3.60. The molecule has 4 atom stereocenters. The highest BCUT2D eigenvalue weighted by molar-refractivity contribution is 6.04. The largest absolute Gasteiger partial charge is 0.417 e. The first-order chi connectivity index (χ1) is 31.9. The SMILES string of the molecule is CC1(C)O[C@@H]2[C@@H](O1)[C@@H](Cc1ccccc1)N(Cc1cccc(C(=O)Nc3ccc(C(F)(F)F)cn3)c1)C(=O)N(Cc1cccc(C(=O)Nc3ccc(C(F)(F)F)cn3)c1)[C@@H]2Cc1ccccc1. The van der Waals surface area contributed by atoms with Crippen molar-refractivity contribution in [3.8, 4) is 0 Å². The zero-order chi connectivity index (χ0) is 47.5. The van der Waals surface area contributed by atoms with E-state index in [1.807, 2.05) is 74.5 Å². The molecule has 0 spiro atoms. The van der Waals surface area contributed by atoms with E-state index in [1.54, 1.807) is 58.3 Å². The van der Waals surface area contributed by atoms with Crippen LogP contribution >= 0.6 is 0 Å². The van der Waals surface area contributed by atoms with E-state index in [9.17, 15) is 35.9 Å². The number of carbonyl (C=O) groups is 3. The molecular formula is C50H44F6N6O5. The summed E-state index contributed by atoms with van der Waals surface area (Å²) in [6.07, 6.45) is -8.58. The number of anilines is 2. The normalized spacial score (nSPS) is 19.4. The maximum atomic E-state index is 15.7. The molecule has 0 aliphatic carbocycles. The van der Waals surface area contributed by atoms with E-state index >= 15 is 4.79 Å². The number of halogens is 6. The Morgan fingerprint density at radius 3 is 1.31 bits per heavy atom. The van der Waals surface area contributed by atoms with Crippen molar-refractivity contribution in [2.45, 2.75) is 82.2 Å². The number of amides is 4. The van der Waals surface area contributed by atoms with Crippen molar-refractivity contribution < 1.29 is 50.2 Å². The number of rotatable bonds is 12. The summed E-state index contributed by atoms with van der Waals surface area (Å²) in [7, 11) is 0. The van der Waals surface area contributed by atoms with Crippen LogP contribution in [-0.2, 0) is 47.8 Å². The second-order valence-corrected chi connectivity index (χ2v) is 16.8. The van der Waals surface area contributed by atoms with Gasteiger partial charge in [0.1, 0.15) is 23.8 Å². The highest BCUT2D eigenvalue weighted by Crippen LogP contribution is 2.41. The summed E-state index contributed by atoms with van der Waals surface area (Å²) in [6, 6.07) is 34.4. The lowest BCUT2D eigenvalue weighted by atomic mass is 9.90. The third-order valence-corrected chi connectivity index (χ3v) is 11.5. The van der Waals surface area contributed by atoms with E-state index in [1.165, 1.54) is 0 Å². The first-order valence-electron chi connectivity index (χ1n) is 21.3. The molecule has 2 aliphatic heterocycles. The number of hydrogen-bond acceptors (Lipinski definition) is 7. The number of nitrogens with one attached hydrogen (secondary N) is 2. The molecule has 2 saturated heterocycles. The molecule has 2 N–H and O–H groups in total. The van der Waals surface area contributed by atoms with Crippen LogP contribution in [0.15, 0.2) is 146 Å². The minimum absolute atomic E-state index is 0.0138. The molecule has 4 amide bonds. The van der Waals surface area contributed by atoms with Crippen LogP contribution in [0.2, 0.25) is 0 Å². The van der Waals surface area contributed by atoms with Gasteiger partial charge in [-0.1, -0.05) is 84.9 Å². The van der Waals surface area contributed by atoms with Crippen LogP contribution in [0.1, 0.15) is 67.9 Å². The third kappa shape index (κ3) is 11.1. The number of hydrogen-bond donors (Lipinski definition) is 2. The molecule has 4 heterocycles. The van der Waals surface area contributed by atoms with Gasteiger partial charge in [0.25, 0.3) is 11.8 Å². The van der Waals surface area contributed by atoms with Crippen molar-refractivity contribution in [3.63, 3.8) is 0 Å². The van der Waals surface area contributed by atoms with Gasteiger partial charge in [-0.15, -0.1) is 0 Å². The lowest BCUT2D eigenvalue weighted by Gasteiger charge is -2.37. The first kappa shape index (κ1) is 46.4. The smallest absolute Gasteiger partial charge is 0.342 e. The Morgan fingerprint density at radius 1 is 0.567 bits per heavy atom. The minimum Gasteiger partial charge on any atom is -0.342 e. The molecule has 346 valence electrons. The lowest BCUT2D eigenvalue weighted by Crippen LogP contribution is -2.51. The third-order valence-electron chi connectivity index (χ3n) is 11.5. The van der Waals surface area contributed by atoms with Crippen LogP contribution in [0.3, 0.4) is 0 Å². The van der Waals surface area contributed by atoms with E-state index in [4.69, 9.17) is 9.47 Å². The molecule has 0 bridgehead atoms. The molecule has 0 saturated carbocycles. The second-order valence-electron chi connectivity index (χ2n) is 16.8. The fourth-order valence-corrected chi connectivity index (χ4v) is 8.41.